The molecule has 8 heteroatoms. The van der Waals surface area contributed by atoms with Crippen LogP contribution in [-0.2, 0) is 0 Å². The average molecular weight is 412 g/mol. The van der Waals surface area contributed by atoms with Crippen LogP contribution >= 0.6 is 0 Å². The molecular weight excluding hydrogens is 381 g/mol. The molecule has 3 N–H and O–H groups in total. The highest BCUT2D eigenvalue weighted by molar-refractivity contribution is 5.76. The number of para-hydroxylation sites is 1. The van der Waals surface area contributed by atoms with Gasteiger partial charge in [0.25, 0.3) is 0 Å². The first-order valence-corrected chi connectivity index (χ1v) is 10.5. The van der Waals surface area contributed by atoms with Gasteiger partial charge < -0.3 is 16.0 Å². The van der Waals surface area contributed by atoms with Crippen molar-refractivity contribution in [3.63, 3.8) is 0 Å². The number of hydrogen-bond acceptors (Lipinski definition) is 6. The summed E-state index contributed by atoms with van der Waals surface area (Å²) >= 11 is 0. The van der Waals surface area contributed by atoms with Gasteiger partial charge in [0.15, 0.2) is 5.65 Å². The Morgan fingerprint density at radius 3 is 2.57 bits per heavy atom. The quantitative estimate of drug-likeness (QED) is 0.568. The fourth-order valence-corrected chi connectivity index (χ4v) is 4.39. The van der Waals surface area contributed by atoms with Crippen LogP contribution in [0.2, 0.25) is 0 Å². The van der Waals surface area contributed by atoms with E-state index in [1.807, 2.05) is 6.07 Å². The molecule has 3 aromatic rings. The minimum absolute atomic E-state index is 0. The molecule has 1 aliphatic carbocycles. The molecule has 0 spiro atoms. The topological polar surface area (TPSA) is 79.7 Å². The summed E-state index contributed by atoms with van der Waals surface area (Å²) in [6.45, 7) is 2.02. The smallest absolute Gasteiger partial charge is 0.224 e. The van der Waals surface area contributed by atoms with E-state index in [1.165, 1.54) is 18.9 Å². The highest BCUT2D eigenvalue weighted by Gasteiger charge is 2.25. The van der Waals surface area contributed by atoms with Crippen molar-refractivity contribution in [1.82, 2.24) is 24.8 Å². The van der Waals surface area contributed by atoms with Crippen LogP contribution < -0.4 is 16.0 Å². The summed E-state index contributed by atoms with van der Waals surface area (Å²) in [6.07, 6.45) is 8.43. The zero-order valence-electron chi connectivity index (χ0n) is 16.4. The Kier molecular flexibility index (Phi) is 6.13. The molecule has 0 atom stereocenters. The summed E-state index contributed by atoms with van der Waals surface area (Å²) in [6, 6.07) is 7.37. The third-order valence-electron chi connectivity index (χ3n) is 5.92. The monoisotopic (exact) mass is 411 g/mol. The molecule has 3 heterocycles. The van der Waals surface area contributed by atoms with E-state index in [2.05, 4.69) is 25.5 Å². The molecule has 1 aliphatic heterocycles. The summed E-state index contributed by atoms with van der Waals surface area (Å²) in [7, 11) is 0. The first kappa shape index (κ1) is 20.5. The molecule has 2 aromatic heterocycles. The van der Waals surface area contributed by atoms with Crippen LogP contribution in [0.1, 0.15) is 52.0 Å². The van der Waals surface area contributed by atoms with Crippen LogP contribution in [0.15, 0.2) is 30.5 Å². The normalized spacial score (nSPS) is 17.8. The lowest BCUT2D eigenvalue weighted by atomic mass is 10.1. The summed E-state index contributed by atoms with van der Waals surface area (Å²) < 4.78 is 16.4. The van der Waals surface area contributed by atoms with Crippen LogP contribution in [-0.4, -0.2) is 38.7 Å². The van der Waals surface area contributed by atoms with Gasteiger partial charge in [-0.2, -0.15) is 4.98 Å². The van der Waals surface area contributed by atoms with E-state index in [0.717, 1.165) is 49.9 Å². The molecule has 0 amide bonds. The second-order valence-electron chi connectivity index (χ2n) is 7.92. The lowest BCUT2D eigenvalue weighted by Gasteiger charge is -2.23. The van der Waals surface area contributed by atoms with Crippen LogP contribution in [0.4, 0.5) is 22.0 Å². The number of piperidine rings is 1. The number of halogens is 1. The van der Waals surface area contributed by atoms with E-state index < -0.39 is 0 Å². The number of anilines is 3. The highest BCUT2D eigenvalue weighted by Crippen LogP contribution is 2.36. The molecule has 1 aromatic carbocycles. The number of fused-ring (bicyclic) bond motifs is 1. The van der Waals surface area contributed by atoms with Crippen LogP contribution in [0.3, 0.4) is 0 Å². The van der Waals surface area contributed by atoms with Gasteiger partial charge in [-0.05, 0) is 50.9 Å². The molecule has 2 aliphatic rings. The second-order valence-corrected chi connectivity index (χ2v) is 7.92. The number of benzene rings is 1. The first-order valence-electron chi connectivity index (χ1n) is 10.5. The van der Waals surface area contributed by atoms with Gasteiger partial charge in [-0.3, -0.25) is 4.57 Å². The van der Waals surface area contributed by atoms with Gasteiger partial charge in [-0.1, -0.05) is 32.4 Å². The Morgan fingerprint density at radius 1 is 1.03 bits per heavy atom. The van der Waals surface area contributed by atoms with Crippen molar-refractivity contribution in [3.8, 4) is 0 Å². The molecule has 0 unspecified atom stereocenters. The molecule has 30 heavy (non-hydrogen) atoms. The third-order valence-corrected chi connectivity index (χ3v) is 5.92. The zero-order valence-corrected chi connectivity index (χ0v) is 16.4. The maximum atomic E-state index is 14.2. The Morgan fingerprint density at radius 2 is 1.80 bits per heavy atom. The van der Waals surface area contributed by atoms with Crippen molar-refractivity contribution in [2.24, 2.45) is 0 Å². The number of hydrogen-bond donors (Lipinski definition) is 3. The Bertz CT molecular complexity index is 990. The first-order chi connectivity index (χ1) is 14.3. The largest absolute Gasteiger partial charge is 0.351 e. The number of imidazole rings is 1. The second kappa shape index (κ2) is 8.95. The molecule has 0 radical (unpaired) electrons. The van der Waals surface area contributed by atoms with E-state index in [-0.39, 0.29) is 13.2 Å². The number of aromatic nitrogens is 4. The predicted octanol–water partition coefficient (Wildman–Crippen LogP) is 4.62. The number of rotatable bonds is 5. The van der Waals surface area contributed by atoms with Crippen molar-refractivity contribution < 1.29 is 4.39 Å². The standard InChI is InChI=1S/C21H26FN7.CH4/c22-16-7-3-4-8-17(16)26-21-27-18-13-24-20(25-14-9-11-23-12-10-14)28-19(18)29(21)15-5-1-2-6-15;/h3-4,7-8,13-15,23H,1-2,5-6,9-12H2,(H,26,27)(H,24,25,28);1H4. The van der Waals surface area contributed by atoms with Gasteiger partial charge >= 0.3 is 0 Å². The van der Waals surface area contributed by atoms with E-state index in [9.17, 15) is 4.39 Å². The van der Waals surface area contributed by atoms with Gasteiger partial charge in [0.05, 0.1) is 11.9 Å². The van der Waals surface area contributed by atoms with Gasteiger partial charge in [0.2, 0.25) is 11.9 Å². The number of nitrogens with one attached hydrogen (secondary N) is 3. The molecule has 5 rings (SSSR count). The Balaban J connectivity index is 0.00000218. The highest BCUT2D eigenvalue weighted by atomic mass is 19.1. The van der Waals surface area contributed by atoms with E-state index in [4.69, 9.17) is 9.97 Å². The van der Waals surface area contributed by atoms with Gasteiger partial charge in [-0.25, -0.2) is 14.4 Å². The maximum absolute atomic E-state index is 14.2. The van der Waals surface area contributed by atoms with E-state index >= 15 is 0 Å². The molecule has 7 nitrogen and oxygen atoms in total. The molecular formula is C22H30FN7. The Labute approximate surface area is 176 Å². The van der Waals surface area contributed by atoms with Crippen LogP contribution in [0, 0.1) is 5.82 Å². The van der Waals surface area contributed by atoms with Crippen molar-refractivity contribution in [2.45, 2.75) is 58.0 Å². The third kappa shape index (κ3) is 4.09. The minimum Gasteiger partial charge on any atom is -0.351 e. The summed E-state index contributed by atoms with van der Waals surface area (Å²) in [5, 5.41) is 10.0. The van der Waals surface area contributed by atoms with Gasteiger partial charge in [0, 0.05) is 12.1 Å². The van der Waals surface area contributed by atoms with Crippen molar-refractivity contribution in [2.75, 3.05) is 23.7 Å². The fourth-order valence-electron chi connectivity index (χ4n) is 4.39. The summed E-state index contributed by atoms with van der Waals surface area (Å²) in [4.78, 5) is 14.0. The summed E-state index contributed by atoms with van der Waals surface area (Å²) in [5.41, 5.74) is 1.96. The van der Waals surface area contributed by atoms with Crippen molar-refractivity contribution in [1.29, 1.82) is 0 Å². The van der Waals surface area contributed by atoms with Crippen molar-refractivity contribution >= 4 is 28.7 Å². The van der Waals surface area contributed by atoms with Gasteiger partial charge in [0.1, 0.15) is 11.3 Å². The van der Waals surface area contributed by atoms with E-state index in [0.29, 0.717) is 29.7 Å². The minimum atomic E-state index is -0.295. The summed E-state index contributed by atoms with van der Waals surface area (Å²) in [5.74, 6) is 0.975. The number of nitrogens with zero attached hydrogens (tertiary/aromatic N) is 4. The molecule has 2 fully saturated rings. The fraction of sp³-hybridized carbons (Fsp3) is 0.500. The molecule has 160 valence electrons. The molecule has 1 saturated carbocycles. The average Bonchev–Trinajstić information content (AvgIpc) is 3.37. The Hall–Kier alpha value is -2.74. The molecule has 1 saturated heterocycles. The maximum Gasteiger partial charge on any atom is 0.224 e. The SMILES string of the molecule is C.Fc1ccccc1Nc1nc2cnc(NC3CCNCC3)nc2n1C1CCCC1. The predicted molar refractivity (Wildman–Crippen MR) is 119 cm³/mol. The van der Waals surface area contributed by atoms with Crippen molar-refractivity contribution in [3.05, 3.63) is 36.3 Å². The lowest BCUT2D eigenvalue weighted by molar-refractivity contribution is 0.477. The van der Waals surface area contributed by atoms with Crippen LogP contribution in [0.25, 0.3) is 11.2 Å². The zero-order chi connectivity index (χ0) is 19.6. The molecule has 0 bridgehead atoms. The van der Waals surface area contributed by atoms with Gasteiger partial charge in [-0.15, -0.1) is 0 Å². The lowest BCUT2D eigenvalue weighted by Crippen LogP contribution is -2.35. The van der Waals surface area contributed by atoms with E-state index in [1.54, 1.807) is 18.3 Å². The van der Waals surface area contributed by atoms with Crippen LogP contribution in [0.5, 0.6) is 0 Å².